The maximum atomic E-state index is 10.1. The second-order valence-electron chi connectivity index (χ2n) is 25.6. The number of aliphatic hydroxyl groups excluding tert-OH is 1. The third kappa shape index (κ3) is 23.1. The minimum absolute atomic E-state index is 0.198. The first-order valence-corrected chi connectivity index (χ1v) is 35.3. The summed E-state index contributed by atoms with van der Waals surface area (Å²) < 4.78 is 0. The summed E-state index contributed by atoms with van der Waals surface area (Å²) in [6.07, 6.45) is 18.0. The van der Waals surface area contributed by atoms with E-state index in [1.165, 1.54) is 49.2 Å². The molecule has 1 fully saturated rings. The maximum absolute atomic E-state index is 10.1. The number of fused-ring (bicyclic) bond motifs is 5. The highest BCUT2D eigenvalue weighted by Crippen LogP contribution is 2.34. The fourth-order valence-corrected chi connectivity index (χ4v) is 11.7. The van der Waals surface area contributed by atoms with Gasteiger partial charge in [-0.05, 0) is 231 Å². The van der Waals surface area contributed by atoms with Gasteiger partial charge >= 0.3 is 0 Å². The zero-order chi connectivity index (χ0) is 75.0. The van der Waals surface area contributed by atoms with Crippen molar-refractivity contribution < 1.29 is 5.11 Å². The molecule has 15 rings (SSSR count). The molecular weight excluding hydrogens is 1340 g/mol. The highest BCUT2D eigenvalue weighted by Gasteiger charge is 2.35. The van der Waals surface area contributed by atoms with E-state index in [2.05, 4.69) is 167 Å². The zero-order valence-electron chi connectivity index (χ0n) is 62.7. The molecule has 1 aliphatic carbocycles. The molecule has 0 radical (unpaired) electrons. The SMILES string of the molecule is CC1=c2ccccc2=NC2CCCC(O)C12.Cc1c(-c2cc(C)c3ccccc3n2)nc2ccccc2c1C.Cc1c(Cl)cncc1Cl.Cc1cc(C)c2ccccc2n1.Cc1cnc(C)c(C)n1.Cc1cncnc1C.Cc1cncnc1C.Cc1nc(C)c(Cl)c(C)n1.Cc1nccnc1C. The Hall–Kier alpha value is -9.84. The molecule has 1 N–H and O–H groups in total. The van der Waals surface area contributed by atoms with Crippen LogP contribution in [0.5, 0.6) is 0 Å². The Labute approximate surface area is 621 Å². The third-order valence-corrected chi connectivity index (χ3v) is 19.1. The fourth-order valence-electron chi connectivity index (χ4n) is 11.3. The fraction of sp³-hybridized carbons (Fsp3) is 0.298. The number of pyridine rings is 4. The first-order chi connectivity index (χ1) is 49.1. The van der Waals surface area contributed by atoms with E-state index < -0.39 is 0 Å². The number of nitrogens with zero attached hydrogens (tertiary/aromatic N) is 15. The number of halogens is 3. The van der Waals surface area contributed by atoms with E-state index in [0.29, 0.717) is 21.1 Å². The summed E-state index contributed by atoms with van der Waals surface area (Å²) in [5, 5.41) is 18.0. The predicted molar refractivity (Wildman–Crippen MR) is 422 cm³/mol. The van der Waals surface area contributed by atoms with Crippen molar-refractivity contribution in [2.75, 3.05) is 0 Å². The molecule has 13 aromatic rings. The number of hydrogen-bond donors (Lipinski definition) is 1. The van der Waals surface area contributed by atoms with Gasteiger partial charge in [0.1, 0.15) is 18.5 Å². The van der Waals surface area contributed by atoms with Crippen molar-refractivity contribution in [1.82, 2.24) is 69.8 Å². The van der Waals surface area contributed by atoms with Crippen LogP contribution < -0.4 is 10.6 Å². The van der Waals surface area contributed by atoms with E-state index in [9.17, 15) is 5.11 Å². The van der Waals surface area contributed by atoms with Crippen molar-refractivity contribution in [3.63, 3.8) is 0 Å². The third-order valence-electron chi connectivity index (χ3n) is 17.8. The Morgan fingerprint density at radius 3 is 1.39 bits per heavy atom. The minimum atomic E-state index is -0.198. The van der Waals surface area contributed by atoms with Gasteiger partial charge in [0.05, 0.1) is 100 Å². The standard InChI is InChI=1S/C21H18N2.C14H17NO.C11H11N.C7H9ClN2.C7H10N2.C6H5Cl2N.3C6H8N2/c1-13-12-20(22-18-10-6-4-8-16(13)18)21-15(3)14(2)17-9-5-7-11-19(17)23-21;1-9-10-5-2-3-6-11(10)15-12-7-4-8-13(16)14(9)12;1-8-7-9(2)12-11-6-4-3-5-10(8)11;1-4-7(8)5(2)10-6(3)9-4;1-5-4-8-6(2)7(3)9-5;1-4-5(7)2-9-3-6(4)8;2*1-5-3-7-4-8-6(5)2;1-5-6(2)8-4-3-7-5/h4-12H,1-3H3;2-3,5-6,12-14,16H,4,7-8H2,1H3;3-7H,1-2H3;1-3H3;4H,1-3H3;2-3H,1H3;3*3-4H,1-2H3. The van der Waals surface area contributed by atoms with Crippen LogP contribution in [0.4, 0.5) is 0 Å². The van der Waals surface area contributed by atoms with E-state index in [0.717, 1.165) is 132 Å². The monoisotopic (exact) mass is 1430 g/mol. The number of para-hydroxylation sites is 4. The molecule has 16 nitrogen and oxygen atoms in total. The molecule has 1 saturated carbocycles. The molecule has 9 aromatic heterocycles. The van der Waals surface area contributed by atoms with E-state index in [1.807, 2.05) is 146 Å². The number of rotatable bonds is 1. The second-order valence-corrected chi connectivity index (χ2v) is 26.8. The molecule has 103 heavy (non-hydrogen) atoms. The first kappa shape index (κ1) is 80.5. The van der Waals surface area contributed by atoms with Gasteiger partial charge in [0.15, 0.2) is 0 Å². The van der Waals surface area contributed by atoms with Crippen molar-refractivity contribution in [3.05, 3.63) is 293 Å². The van der Waals surface area contributed by atoms with Crippen molar-refractivity contribution in [1.29, 1.82) is 0 Å². The largest absolute Gasteiger partial charge is 0.392 e. The predicted octanol–water partition coefficient (Wildman–Crippen LogP) is 18.7. The van der Waals surface area contributed by atoms with Gasteiger partial charge in [0.2, 0.25) is 0 Å². The van der Waals surface area contributed by atoms with Gasteiger partial charge in [-0.15, -0.1) is 0 Å². The van der Waals surface area contributed by atoms with Gasteiger partial charge in [0, 0.05) is 82.5 Å². The number of aromatic nitrogens is 14. The summed E-state index contributed by atoms with van der Waals surface area (Å²) in [6.45, 7) is 37.9. The highest BCUT2D eigenvalue weighted by atomic mass is 35.5. The molecule has 2 aliphatic rings. The van der Waals surface area contributed by atoms with Gasteiger partial charge in [-0.3, -0.25) is 34.9 Å². The van der Waals surface area contributed by atoms with Gasteiger partial charge in [0.25, 0.3) is 0 Å². The Morgan fingerprint density at radius 1 is 0.388 bits per heavy atom. The van der Waals surface area contributed by atoms with Crippen LogP contribution in [-0.4, -0.2) is 87.0 Å². The molecule has 19 heteroatoms. The van der Waals surface area contributed by atoms with Crippen molar-refractivity contribution in [2.24, 2.45) is 10.9 Å². The molecule has 1 aliphatic heterocycles. The number of aryl methyl sites for hydroxylation is 16. The molecule has 0 saturated heterocycles. The Kier molecular flexibility index (Phi) is 30.5. The quantitative estimate of drug-likeness (QED) is 0.162. The lowest BCUT2D eigenvalue weighted by atomic mass is 9.76. The smallest absolute Gasteiger partial charge is 0.125 e. The van der Waals surface area contributed by atoms with E-state index >= 15 is 0 Å². The van der Waals surface area contributed by atoms with E-state index in [1.54, 1.807) is 43.6 Å². The molecular formula is C84H94Cl3N15O. The molecule has 0 bridgehead atoms. The van der Waals surface area contributed by atoms with E-state index in [-0.39, 0.29) is 12.0 Å². The lowest BCUT2D eigenvalue weighted by Crippen LogP contribution is -2.45. The summed E-state index contributed by atoms with van der Waals surface area (Å²) >= 11 is 17.2. The molecule has 4 aromatic carbocycles. The summed E-state index contributed by atoms with van der Waals surface area (Å²) in [4.78, 5) is 62.9. The zero-order valence-corrected chi connectivity index (χ0v) is 65.0. The van der Waals surface area contributed by atoms with Gasteiger partial charge in [-0.1, -0.05) is 113 Å². The van der Waals surface area contributed by atoms with Crippen molar-refractivity contribution in [2.45, 2.75) is 163 Å². The Balaban J connectivity index is 0.000000167. The average molecular weight is 1440 g/mol. The maximum Gasteiger partial charge on any atom is 0.125 e. The van der Waals surface area contributed by atoms with Crippen molar-refractivity contribution in [3.8, 4) is 11.4 Å². The molecule has 0 spiro atoms. The molecule has 3 unspecified atom stereocenters. The summed E-state index contributed by atoms with van der Waals surface area (Å²) in [5.41, 5.74) is 24.5. The van der Waals surface area contributed by atoms with Crippen molar-refractivity contribution >= 4 is 73.1 Å². The normalized spacial score (nSPS) is 13.6. The summed E-state index contributed by atoms with van der Waals surface area (Å²) in [6, 6.07) is 37.6. The molecule has 3 atom stereocenters. The summed E-state index contributed by atoms with van der Waals surface area (Å²) in [7, 11) is 0. The Morgan fingerprint density at radius 2 is 0.883 bits per heavy atom. The van der Waals surface area contributed by atoms with Crippen LogP contribution in [0.1, 0.15) is 128 Å². The van der Waals surface area contributed by atoms with Crippen LogP contribution >= 0.6 is 34.8 Å². The lowest BCUT2D eigenvalue weighted by molar-refractivity contribution is 0.0832. The van der Waals surface area contributed by atoms with Gasteiger partial charge in [-0.2, -0.15) is 0 Å². The second kappa shape index (κ2) is 39.0. The topological polar surface area (TPSA) is 213 Å². The van der Waals surface area contributed by atoms with Gasteiger partial charge in [-0.25, -0.2) is 39.9 Å². The Bertz CT molecular complexity index is 4940. The first-order valence-electron chi connectivity index (χ1n) is 34.2. The number of aliphatic hydroxyl groups is 1. The van der Waals surface area contributed by atoms with Crippen LogP contribution in [0.3, 0.4) is 0 Å². The summed E-state index contributed by atoms with van der Waals surface area (Å²) in [5.74, 6) is 1.03. The minimum Gasteiger partial charge on any atom is -0.392 e. The van der Waals surface area contributed by atoms with Crippen LogP contribution in [0.15, 0.2) is 170 Å². The number of benzene rings is 4. The lowest BCUT2D eigenvalue weighted by Gasteiger charge is -2.35. The van der Waals surface area contributed by atoms with Crippen LogP contribution in [-0.2, 0) is 0 Å². The van der Waals surface area contributed by atoms with Crippen LogP contribution in [0.2, 0.25) is 15.1 Å². The van der Waals surface area contributed by atoms with Gasteiger partial charge < -0.3 is 5.11 Å². The average Bonchev–Trinajstić information content (AvgIpc) is 0.780. The molecule has 10 heterocycles. The van der Waals surface area contributed by atoms with Crippen LogP contribution in [0.25, 0.3) is 49.7 Å². The molecule has 532 valence electrons. The van der Waals surface area contributed by atoms with Crippen LogP contribution in [0, 0.1) is 131 Å². The highest BCUT2D eigenvalue weighted by molar-refractivity contribution is 6.35. The molecule has 0 amide bonds. The number of hydrogen-bond acceptors (Lipinski definition) is 16. The van der Waals surface area contributed by atoms with E-state index in [4.69, 9.17) is 49.8 Å².